The number of carboxylic acid groups (broad SMARTS) is 1. The lowest BCUT2D eigenvalue weighted by molar-refractivity contribution is -0.151. The fourth-order valence-electron chi connectivity index (χ4n) is 5.70. The van der Waals surface area contributed by atoms with E-state index in [2.05, 4.69) is 13.5 Å². The van der Waals surface area contributed by atoms with Crippen LogP contribution in [-0.4, -0.2) is 81.8 Å². The van der Waals surface area contributed by atoms with E-state index >= 15 is 0 Å². The molecule has 8 nitrogen and oxygen atoms in total. The van der Waals surface area contributed by atoms with Gasteiger partial charge in [0.1, 0.15) is 11.6 Å². The Morgan fingerprint density at radius 1 is 1.29 bits per heavy atom. The summed E-state index contributed by atoms with van der Waals surface area (Å²) >= 11 is 0. The van der Waals surface area contributed by atoms with Crippen LogP contribution < -0.4 is 0 Å². The number of hydrogen-bond acceptors (Lipinski definition) is 5. The molecule has 0 radical (unpaired) electrons. The van der Waals surface area contributed by atoms with Crippen molar-refractivity contribution in [2.75, 3.05) is 26.2 Å². The fraction of sp³-hybridized carbons (Fsp3) is 0.783. The predicted molar refractivity (Wildman–Crippen MR) is 114 cm³/mol. The molecule has 0 aliphatic carbocycles. The lowest BCUT2D eigenvalue weighted by atomic mass is 9.70. The first kappa shape index (κ1) is 23.7. The Morgan fingerprint density at radius 2 is 2.06 bits per heavy atom. The standard InChI is InChI=1S/C23H36N2O6/c1-3-5-7-13-24(12-4-2)21(28)19-23-11-10-16(31-23)17(22(29)30)18(23)20(27)25(19)14-8-6-9-15-26/h4,16-19,26H,2-3,5-15H2,1H3,(H,29,30)/t16-,17+,18+,19?,23?/m1/s1. The molecule has 2 unspecified atom stereocenters. The number of ether oxygens (including phenoxy) is 1. The molecule has 8 heteroatoms. The van der Waals surface area contributed by atoms with Crippen LogP contribution in [0, 0.1) is 11.8 Å². The van der Waals surface area contributed by atoms with E-state index in [1.165, 1.54) is 0 Å². The first-order valence-corrected chi connectivity index (χ1v) is 11.6. The summed E-state index contributed by atoms with van der Waals surface area (Å²) in [7, 11) is 0. The van der Waals surface area contributed by atoms with Crippen molar-refractivity contribution >= 4 is 17.8 Å². The second kappa shape index (κ2) is 10.1. The number of rotatable bonds is 13. The predicted octanol–water partition coefficient (Wildman–Crippen LogP) is 1.81. The molecule has 2 bridgehead atoms. The molecule has 3 aliphatic heterocycles. The number of aliphatic hydroxyl groups excluding tert-OH is 1. The summed E-state index contributed by atoms with van der Waals surface area (Å²) in [6.07, 6.45) is 7.18. The molecule has 1 spiro atoms. The molecule has 3 saturated heterocycles. The summed E-state index contributed by atoms with van der Waals surface area (Å²) in [5.41, 5.74) is -1.05. The third kappa shape index (κ3) is 4.24. The van der Waals surface area contributed by atoms with E-state index in [4.69, 9.17) is 9.84 Å². The van der Waals surface area contributed by atoms with Gasteiger partial charge in [0.25, 0.3) is 0 Å². The number of amides is 2. The molecule has 0 aromatic carbocycles. The van der Waals surface area contributed by atoms with E-state index in [0.717, 1.165) is 25.7 Å². The minimum Gasteiger partial charge on any atom is -0.481 e. The van der Waals surface area contributed by atoms with Crippen LogP contribution >= 0.6 is 0 Å². The smallest absolute Gasteiger partial charge is 0.310 e. The number of likely N-dealkylation sites (tertiary alicyclic amines) is 1. The highest BCUT2D eigenvalue weighted by molar-refractivity contribution is 5.98. The molecule has 31 heavy (non-hydrogen) atoms. The number of fused-ring (bicyclic) bond motifs is 1. The Hall–Kier alpha value is -1.93. The highest BCUT2D eigenvalue weighted by Gasteiger charge is 2.74. The molecule has 3 aliphatic rings. The quantitative estimate of drug-likeness (QED) is 0.337. The maximum absolute atomic E-state index is 13.8. The Labute approximate surface area is 184 Å². The van der Waals surface area contributed by atoms with Gasteiger partial charge in [0.15, 0.2) is 0 Å². The average molecular weight is 437 g/mol. The molecular formula is C23H36N2O6. The number of nitrogens with zero attached hydrogens (tertiary/aromatic N) is 2. The van der Waals surface area contributed by atoms with E-state index in [1.54, 1.807) is 15.9 Å². The molecule has 0 aromatic heterocycles. The lowest BCUT2D eigenvalue weighted by Crippen LogP contribution is -2.56. The number of carbonyl (C=O) groups is 3. The van der Waals surface area contributed by atoms with Crippen LogP contribution in [0.25, 0.3) is 0 Å². The fourth-order valence-corrected chi connectivity index (χ4v) is 5.70. The van der Waals surface area contributed by atoms with Crippen molar-refractivity contribution in [3.63, 3.8) is 0 Å². The highest BCUT2D eigenvalue weighted by Crippen LogP contribution is 2.58. The zero-order chi connectivity index (χ0) is 22.6. The van der Waals surface area contributed by atoms with Crippen molar-refractivity contribution < 1.29 is 29.3 Å². The van der Waals surface area contributed by atoms with E-state index < -0.39 is 35.6 Å². The zero-order valence-corrected chi connectivity index (χ0v) is 18.5. The van der Waals surface area contributed by atoms with E-state index in [0.29, 0.717) is 45.3 Å². The number of unbranched alkanes of at least 4 members (excludes halogenated alkanes) is 4. The van der Waals surface area contributed by atoms with Crippen molar-refractivity contribution in [3.8, 4) is 0 Å². The van der Waals surface area contributed by atoms with Crippen LogP contribution in [0.15, 0.2) is 12.7 Å². The van der Waals surface area contributed by atoms with Gasteiger partial charge in [0.05, 0.1) is 17.9 Å². The third-order valence-corrected chi connectivity index (χ3v) is 7.07. The number of aliphatic carboxylic acids is 1. The number of aliphatic hydroxyl groups is 1. The number of carbonyl (C=O) groups excluding carboxylic acids is 2. The van der Waals surface area contributed by atoms with Crippen molar-refractivity contribution in [2.24, 2.45) is 11.8 Å². The zero-order valence-electron chi connectivity index (χ0n) is 18.5. The first-order chi connectivity index (χ1) is 14.9. The molecule has 2 amide bonds. The highest BCUT2D eigenvalue weighted by atomic mass is 16.5. The van der Waals surface area contributed by atoms with E-state index in [1.807, 2.05) is 0 Å². The maximum atomic E-state index is 13.8. The molecular weight excluding hydrogens is 400 g/mol. The van der Waals surface area contributed by atoms with Crippen molar-refractivity contribution in [2.45, 2.75) is 76.0 Å². The topological polar surface area (TPSA) is 107 Å². The summed E-state index contributed by atoms with van der Waals surface area (Å²) in [6.45, 7) is 7.30. The molecule has 174 valence electrons. The largest absolute Gasteiger partial charge is 0.481 e. The van der Waals surface area contributed by atoms with Crippen LogP contribution in [0.1, 0.15) is 58.3 Å². The van der Waals surface area contributed by atoms with Gasteiger partial charge < -0.3 is 24.7 Å². The van der Waals surface area contributed by atoms with Gasteiger partial charge in [-0.25, -0.2) is 0 Å². The molecule has 3 heterocycles. The molecule has 3 rings (SSSR count). The van der Waals surface area contributed by atoms with Gasteiger partial charge in [-0.2, -0.15) is 0 Å². The second-order valence-corrected chi connectivity index (χ2v) is 8.99. The molecule has 2 N–H and O–H groups in total. The Morgan fingerprint density at radius 3 is 2.71 bits per heavy atom. The number of carboxylic acids is 1. The van der Waals surface area contributed by atoms with Crippen molar-refractivity contribution in [1.29, 1.82) is 0 Å². The van der Waals surface area contributed by atoms with Gasteiger partial charge in [0, 0.05) is 26.2 Å². The molecule has 0 aromatic rings. The minimum absolute atomic E-state index is 0.0826. The lowest BCUT2D eigenvalue weighted by Gasteiger charge is -2.36. The molecule has 5 atom stereocenters. The van der Waals surface area contributed by atoms with Gasteiger partial charge in [-0.3, -0.25) is 14.4 Å². The monoisotopic (exact) mass is 436 g/mol. The summed E-state index contributed by atoms with van der Waals surface area (Å²) in [6, 6.07) is -0.796. The van der Waals surface area contributed by atoms with Gasteiger partial charge >= 0.3 is 5.97 Å². The summed E-state index contributed by atoms with van der Waals surface area (Å²) < 4.78 is 6.22. The normalized spacial score (nSPS) is 31.2. The van der Waals surface area contributed by atoms with E-state index in [-0.39, 0.29) is 18.4 Å². The summed E-state index contributed by atoms with van der Waals surface area (Å²) in [5, 5.41) is 18.9. The maximum Gasteiger partial charge on any atom is 0.310 e. The van der Waals surface area contributed by atoms with Gasteiger partial charge in [-0.1, -0.05) is 25.8 Å². The van der Waals surface area contributed by atoms with Gasteiger partial charge in [-0.15, -0.1) is 6.58 Å². The minimum atomic E-state index is -1.05. The van der Waals surface area contributed by atoms with Crippen LogP contribution in [0.4, 0.5) is 0 Å². The van der Waals surface area contributed by atoms with Crippen LogP contribution in [-0.2, 0) is 19.1 Å². The van der Waals surface area contributed by atoms with E-state index in [9.17, 15) is 19.5 Å². The Bertz CT molecular complexity index is 698. The Balaban J connectivity index is 1.90. The van der Waals surface area contributed by atoms with Gasteiger partial charge in [-0.05, 0) is 38.5 Å². The Kier molecular flexibility index (Phi) is 7.75. The van der Waals surface area contributed by atoms with Crippen LogP contribution in [0.3, 0.4) is 0 Å². The van der Waals surface area contributed by atoms with Crippen molar-refractivity contribution in [3.05, 3.63) is 12.7 Å². The van der Waals surface area contributed by atoms with Gasteiger partial charge in [0.2, 0.25) is 11.8 Å². The third-order valence-electron chi connectivity index (χ3n) is 7.07. The number of hydrogen-bond donors (Lipinski definition) is 2. The van der Waals surface area contributed by atoms with Crippen molar-refractivity contribution in [1.82, 2.24) is 9.80 Å². The molecule has 3 fully saturated rings. The second-order valence-electron chi connectivity index (χ2n) is 8.99. The average Bonchev–Trinajstić information content (AvgIpc) is 3.38. The SMILES string of the molecule is C=CCN(CCCCC)C(=O)C1N(CCCCCO)C(=O)[C@@H]2[C@@H](C(=O)O)[C@H]3CCC12O3. The van der Waals surface area contributed by atoms with Crippen LogP contribution in [0.2, 0.25) is 0 Å². The summed E-state index contributed by atoms with van der Waals surface area (Å²) in [4.78, 5) is 42.5. The van der Waals surface area contributed by atoms with Crippen LogP contribution in [0.5, 0.6) is 0 Å². The first-order valence-electron chi connectivity index (χ1n) is 11.6. The molecule has 0 saturated carbocycles. The summed E-state index contributed by atoms with van der Waals surface area (Å²) in [5.74, 6) is -3.17.